The van der Waals surface area contributed by atoms with Gasteiger partial charge in [0.05, 0.1) is 29.8 Å². The Labute approximate surface area is 192 Å². The topological polar surface area (TPSA) is 84.5 Å². The molecule has 3 N–H and O–H groups in total. The maximum Gasteiger partial charge on any atom is 0.232 e. The summed E-state index contributed by atoms with van der Waals surface area (Å²) >= 11 is 6.40. The number of nitrogens with zero attached hydrogens (tertiary/aromatic N) is 1. The maximum atomic E-state index is 14.4. The lowest BCUT2D eigenvalue weighted by molar-refractivity contribution is -0.121. The molecule has 2 fully saturated rings. The van der Waals surface area contributed by atoms with Crippen LogP contribution in [0.4, 0.5) is 15.9 Å². The Hall–Kier alpha value is -2.26. The third-order valence-corrected chi connectivity index (χ3v) is 6.11. The van der Waals surface area contributed by atoms with Crippen LogP contribution in [0.1, 0.15) is 12.8 Å². The minimum Gasteiger partial charge on any atom is -0.382 e. The molecule has 172 valence electrons. The summed E-state index contributed by atoms with van der Waals surface area (Å²) < 4.78 is 25.3. The molecule has 1 atom stereocenters. The van der Waals surface area contributed by atoms with Gasteiger partial charge in [0, 0.05) is 44.6 Å². The molecular weight excluding hydrogens is 435 g/mol. The number of nitrogens with one attached hydrogen (secondary N) is 3. The predicted octanol–water partition coefficient (Wildman–Crippen LogP) is 3.55. The lowest BCUT2D eigenvalue weighted by Crippen LogP contribution is -2.33. The summed E-state index contributed by atoms with van der Waals surface area (Å²) in [6.07, 6.45) is 3.43. The van der Waals surface area contributed by atoms with Crippen LogP contribution >= 0.6 is 11.6 Å². The van der Waals surface area contributed by atoms with Crippen molar-refractivity contribution in [3.63, 3.8) is 0 Å². The molecule has 3 heterocycles. The number of halogens is 2. The fraction of sp³-hybridized carbons (Fsp3) is 0.478. The summed E-state index contributed by atoms with van der Waals surface area (Å²) in [5.41, 5.74) is 1.83. The first-order valence-corrected chi connectivity index (χ1v) is 11.3. The van der Waals surface area contributed by atoms with E-state index in [-0.39, 0.29) is 17.6 Å². The SMILES string of the molecule is O=C(Nc1cc(-c2ccc(F)c(NCC3CCOCC3)c2)c(Cl)cn1)[C@H]1CNCCOC1. The molecule has 9 heteroatoms. The second-order valence-corrected chi connectivity index (χ2v) is 8.55. The molecule has 1 aromatic carbocycles. The minimum absolute atomic E-state index is 0.168. The second-order valence-electron chi connectivity index (χ2n) is 8.15. The van der Waals surface area contributed by atoms with Crippen molar-refractivity contribution in [2.75, 3.05) is 56.7 Å². The number of aromatic nitrogens is 1. The number of benzene rings is 1. The van der Waals surface area contributed by atoms with Crippen LogP contribution in [-0.2, 0) is 14.3 Å². The highest BCUT2D eigenvalue weighted by Crippen LogP contribution is 2.32. The van der Waals surface area contributed by atoms with Crippen LogP contribution < -0.4 is 16.0 Å². The van der Waals surface area contributed by atoms with E-state index in [0.29, 0.717) is 54.3 Å². The maximum absolute atomic E-state index is 14.4. The molecule has 0 bridgehead atoms. The number of pyridine rings is 1. The summed E-state index contributed by atoms with van der Waals surface area (Å²) in [4.78, 5) is 16.8. The fourth-order valence-corrected chi connectivity index (χ4v) is 4.08. The van der Waals surface area contributed by atoms with E-state index in [9.17, 15) is 9.18 Å². The van der Waals surface area contributed by atoms with Gasteiger partial charge in [-0.2, -0.15) is 0 Å². The highest BCUT2D eigenvalue weighted by molar-refractivity contribution is 6.33. The molecule has 32 heavy (non-hydrogen) atoms. The molecule has 2 aromatic rings. The van der Waals surface area contributed by atoms with Gasteiger partial charge in [0.1, 0.15) is 11.6 Å². The molecule has 2 aliphatic heterocycles. The molecule has 1 aromatic heterocycles. The van der Waals surface area contributed by atoms with Gasteiger partial charge in [-0.1, -0.05) is 17.7 Å². The smallest absolute Gasteiger partial charge is 0.232 e. The minimum atomic E-state index is -0.319. The van der Waals surface area contributed by atoms with Crippen LogP contribution in [0.2, 0.25) is 5.02 Å². The van der Waals surface area contributed by atoms with Crippen molar-refractivity contribution in [3.8, 4) is 11.1 Å². The Morgan fingerprint density at radius 1 is 1.22 bits per heavy atom. The van der Waals surface area contributed by atoms with Crippen LogP contribution in [0, 0.1) is 17.7 Å². The molecule has 0 radical (unpaired) electrons. The molecule has 2 saturated heterocycles. The predicted molar refractivity (Wildman–Crippen MR) is 122 cm³/mol. The zero-order valence-corrected chi connectivity index (χ0v) is 18.6. The molecule has 0 saturated carbocycles. The number of hydrogen-bond acceptors (Lipinski definition) is 6. The highest BCUT2D eigenvalue weighted by atomic mass is 35.5. The van der Waals surface area contributed by atoms with E-state index in [1.807, 2.05) is 0 Å². The van der Waals surface area contributed by atoms with Crippen molar-refractivity contribution in [2.45, 2.75) is 12.8 Å². The standard InChI is InChI=1S/C23H28ClFN4O3/c24-19-13-28-22(29-23(30)17-12-26-5-8-32-14-17)10-18(19)16-1-2-20(25)21(9-16)27-11-15-3-6-31-7-4-15/h1-2,9-10,13,15,17,26-27H,3-8,11-12,14H2,(H,28,29,30)/t17-/m0/s1. The monoisotopic (exact) mass is 462 g/mol. The molecule has 2 aliphatic rings. The Balaban J connectivity index is 1.48. The highest BCUT2D eigenvalue weighted by Gasteiger charge is 2.21. The van der Waals surface area contributed by atoms with Gasteiger partial charge in [-0.25, -0.2) is 9.37 Å². The summed E-state index contributed by atoms with van der Waals surface area (Å²) in [5, 5.41) is 9.67. The summed E-state index contributed by atoms with van der Waals surface area (Å²) in [6.45, 7) is 4.40. The zero-order valence-electron chi connectivity index (χ0n) is 17.8. The second kappa shape index (κ2) is 11.0. The van der Waals surface area contributed by atoms with E-state index in [1.165, 1.54) is 12.3 Å². The van der Waals surface area contributed by atoms with E-state index in [0.717, 1.165) is 38.2 Å². The van der Waals surface area contributed by atoms with Gasteiger partial charge in [0.2, 0.25) is 5.91 Å². The van der Waals surface area contributed by atoms with Crippen molar-refractivity contribution in [2.24, 2.45) is 11.8 Å². The molecule has 0 unspecified atom stereocenters. The first-order chi connectivity index (χ1) is 15.6. The Kier molecular flexibility index (Phi) is 7.91. The van der Waals surface area contributed by atoms with Crippen molar-refractivity contribution in [3.05, 3.63) is 41.3 Å². The van der Waals surface area contributed by atoms with Gasteiger partial charge in [0.25, 0.3) is 0 Å². The van der Waals surface area contributed by atoms with E-state index in [1.54, 1.807) is 18.2 Å². The van der Waals surface area contributed by atoms with Crippen LogP contribution in [0.25, 0.3) is 11.1 Å². The largest absolute Gasteiger partial charge is 0.382 e. The quantitative estimate of drug-likeness (QED) is 0.608. The fourth-order valence-electron chi connectivity index (χ4n) is 3.86. The lowest BCUT2D eigenvalue weighted by Gasteiger charge is -2.23. The van der Waals surface area contributed by atoms with Crippen molar-refractivity contribution >= 4 is 29.0 Å². The molecule has 7 nitrogen and oxygen atoms in total. The van der Waals surface area contributed by atoms with Crippen molar-refractivity contribution < 1.29 is 18.7 Å². The van der Waals surface area contributed by atoms with E-state index >= 15 is 0 Å². The molecule has 0 aliphatic carbocycles. The van der Waals surface area contributed by atoms with Gasteiger partial charge >= 0.3 is 0 Å². The van der Waals surface area contributed by atoms with Gasteiger partial charge < -0.3 is 25.4 Å². The van der Waals surface area contributed by atoms with Gasteiger partial charge in [-0.05, 0) is 42.5 Å². The van der Waals surface area contributed by atoms with E-state index < -0.39 is 0 Å². The Bertz CT molecular complexity index is 931. The number of carbonyl (C=O) groups excluding carboxylic acids is 1. The number of carbonyl (C=O) groups is 1. The van der Waals surface area contributed by atoms with Gasteiger partial charge in [-0.15, -0.1) is 0 Å². The molecule has 1 amide bonds. The Morgan fingerprint density at radius 3 is 2.91 bits per heavy atom. The van der Waals surface area contributed by atoms with Crippen LogP contribution in [0.15, 0.2) is 30.5 Å². The lowest BCUT2D eigenvalue weighted by atomic mass is 10.00. The first kappa shape index (κ1) is 22.9. The zero-order chi connectivity index (χ0) is 22.3. The van der Waals surface area contributed by atoms with Gasteiger partial charge in [-0.3, -0.25) is 4.79 Å². The van der Waals surface area contributed by atoms with Crippen LogP contribution in [-0.4, -0.2) is 57.0 Å². The number of amides is 1. The Morgan fingerprint density at radius 2 is 2.06 bits per heavy atom. The first-order valence-electron chi connectivity index (χ1n) is 11.0. The number of hydrogen-bond donors (Lipinski definition) is 3. The van der Waals surface area contributed by atoms with Crippen LogP contribution in [0.3, 0.4) is 0 Å². The van der Waals surface area contributed by atoms with E-state index in [4.69, 9.17) is 21.1 Å². The summed E-state index contributed by atoms with van der Waals surface area (Å²) in [6, 6.07) is 6.54. The molecular formula is C23H28ClFN4O3. The number of ether oxygens (including phenoxy) is 2. The third kappa shape index (κ3) is 5.95. The summed E-state index contributed by atoms with van der Waals surface area (Å²) in [5.74, 6) is 0.0593. The molecule has 4 rings (SSSR count). The molecule has 0 spiro atoms. The van der Waals surface area contributed by atoms with Crippen molar-refractivity contribution in [1.29, 1.82) is 0 Å². The number of rotatable bonds is 6. The number of anilines is 2. The third-order valence-electron chi connectivity index (χ3n) is 5.81. The van der Waals surface area contributed by atoms with Gasteiger partial charge in [0.15, 0.2) is 0 Å². The van der Waals surface area contributed by atoms with E-state index in [2.05, 4.69) is 20.9 Å². The van der Waals surface area contributed by atoms with Crippen molar-refractivity contribution in [1.82, 2.24) is 10.3 Å². The van der Waals surface area contributed by atoms with Crippen LogP contribution in [0.5, 0.6) is 0 Å². The normalized spacial score (nSPS) is 19.9. The summed E-state index contributed by atoms with van der Waals surface area (Å²) in [7, 11) is 0. The average molecular weight is 463 g/mol. The average Bonchev–Trinajstić information content (AvgIpc) is 3.10.